The van der Waals surface area contributed by atoms with E-state index in [1.807, 2.05) is 0 Å². The van der Waals surface area contributed by atoms with Crippen LogP contribution in [0.5, 0.6) is 0 Å². The first-order valence-corrected chi connectivity index (χ1v) is 7.83. The summed E-state index contributed by atoms with van der Waals surface area (Å²) in [7, 11) is 0. The average molecular weight is 376 g/mol. The normalized spacial score (nSPS) is 16.0. The number of carbonyl (C=O) groups excluding carboxylic acids is 1. The van der Waals surface area contributed by atoms with Crippen LogP contribution in [0.15, 0.2) is 22.7 Å². The summed E-state index contributed by atoms with van der Waals surface area (Å²) < 4.78 is 0.836. The largest absolute Gasteiger partial charge is 0.481 e. The minimum Gasteiger partial charge on any atom is -0.481 e. The van der Waals surface area contributed by atoms with Crippen molar-refractivity contribution < 1.29 is 14.7 Å². The number of hydrogen-bond acceptors (Lipinski definition) is 3. The van der Waals surface area contributed by atoms with E-state index in [1.165, 1.54) is 0 Å². The van der Waals surface area contributed by atoms with Crippen LogP contribution in [-0.2, 0) is 4.79 Å². The maximum atomic E-state index is 12.4. The van der Waals surface area contributed by atoms with Crippen LogP contribution in [-0.4, -0.2) is 59.5 Å². The van der Waals surface area contributed by atoms with E-state index in [2.05, 4.69) is 20.8 Å². The topological polar surface area (TPSA) is 60.9 Å². The summed E-state index contributed by atoms with van der Waals surface area (Å²) in [5, 5.41) is 9.11. The molecule has 1 aromatic carbocycles. The lowest BCUT2D eigenvalue weighted by Gasteiger charge is -2.34. The lowest BCUT2D eigenvalue weighted by Crippen LogP contribution is -2.49. The van der Waals surface area contributed by atoms with Crippen LogP contribution in [0.2, 0.25) is 5.02 Å². The number of piperazine rings is 1. The molecule has 1 N–H and O–H groups in total. The van der Waals surface area contributed by atoms with E-state index < -0.39 is 5.97 Å². The van der Waals surface area contributed by atoms with Crippen LogP contribution in [0.4, 0.5) is 0 Å². The molecule has 1 aliphatic heterocycles. The molecule has 1 amide bonds. The molecule has 21 heavy (non-hydrogen) atoms. The highest BCUT2D eigenvalue weighted by molar-refractivity contribution is 9.10. The van der Waals surface area contributed by atoms with Crippen molar-refractivity contribution in [2.75, 3.05) is 32.7 Å². The van der Waals surface area contributed by atoms with Crippen molar-refractivity contribution in [2.45, 2.75) is 6.42 Å². The predicted octanol–water partition coefficient (Wildman–Crippen LogP) is 2.33. The van der Waals surface area contributed by atoms with E-state index in [4.69, 9.17) is 16.7 Å². The molecule has 1 fully saturated rings. The molecule has 0 saturated carbocycles. The lowest BCUT2D eigenvalue weighted by atomic mass is 10.1. The molecule has 0 aliphatic carbocycles. The number of aliphatic carboxylic acids is 1. The minimum absolute atomic E-state index is 0.0783. The number of nitrogens with zero attached hydrogens (tertiary/aromatic N) is 2. The van der Waals surface area contributed by atoms with E-state index in [-0.39, 0.29) is 12.3 Å². The number of amides is 1. The van der Waals surface area contributed by atoms with Gasteiger partial charge in [-0.1, -0.05) is 27.5 Å². The minimum atomic E-state index is -0.796. The first-order valence-electron chi connectivity index (χ1n) is 6.66. The molecule has 0 bridgehead atoms. The molecule has 1 heterocycles. The highest BCUT2D eigenvalue weighted by Gasteiger charge is 2.23. The highest BCUT2D eigenvalue weighted by Crippen LogP contribution is 2.23. The standard InChI is InChI=1S/C14H16BrClN2O3/c15-10-1-2-11(12(16)9-10)14(21)18-7-5-17(6-8-18)4-3-13(19)20/h1-2,9H,3-8H2,(H,19,20). The quantitative estimate of drug-likeness (QED) is 0.877. The lowest BCUT2D eigenvalue weighted by molar-refractivity contribution is -0.137. The Kier molecular flexibility index (Phi) is 5.61. The number of carboxylic acids is 1. The van der Waals surface area contributed by atoms with Gasteiger partial charge in [0.25, 0.3) is 5.91 Å². The van der Waals surface area contributed by atoms with Gasteiger partial charge in [-0.2, -0.15) is 0 Å². The van der Waals surface area contributed by atoms with Gasteiger partial charge >= 0.3 is 5.97 Å². The van der Waals surface area contributed by atoms with Gasteiger partial charge in [0.05, 0.1) is 17.0 Å². The fourth-order valence-corrected chi connectivity index (χ4v) is 3.02. The molecule has 0 spiro atoms. The number of hydrogen-bond donors (Lipinski definition) is 1. The summed E-state index contributed by atoms with van der Waals surface area (Å²) in [4.78, 5) is 26.8. The Morgan fingerprint density at radius 2 is 1.90 bits per heavy atom. The number of rotatable bonds is 4. The molecule has 2 rings (SSSR count). The van der Waals surface area contributed by atoms with Gasteiger partial charge in [0.2, 0.25) is 0 Å². The monoisotopic (exact) mass is 374 g/mol. The first-order chi connectivity index (χ1) is 9.97. The Morgan fingerprint density at radius 3 is 2.48 bits per heavy atom. The zero-order valence-electron chi connectivity index (χ0n) is 11.4. The molecular formula is C14H16BrClN2O3. The molecule has 0 radical (unpaired) electrons. The van der Waals surface area contributed by atoms with E-state index >= 15 is 0 Å². The third kappa shape index (κ3) is 4.43. The molecule has 7 heteroatoms. The van der Waals surface area contributed by atoms with Crippen LogP contribution in [0.25, 0.3) is 0 Å². The van der Waals surface area contributed by atoms with Crippen molar-refractivity contribution >= 4 is 39.4 Å². The second-order valence-corrected chi connectivity index (χ2v) is 6.22. The van der Waals surface area contributed by atoms with Gasteiger partial charge in [-0.05, 0) is 18.2 Å². The average Bonchev–Trinajstić information content (AvgIpc) is 2.45. The SMILES string of the molecule is O=C(O)CCN1CCN(C(=O)c2ccc(Br)cc2Cl)CC1. The Labute approximate surface area is 136 Å². The summed E-state index contributed by atoms with van der Waals surface area (Å²) in [5.41, 5.74) is 0.499. The molecule has 1 saturated heterocycles. The van der Waals surface area contributed by atoms with Gasteiger partial charge in [0, 0.05) is 37.2 Å². The molecule has 1 aliphatic rings. The summed E-state index contributed by atoms with van der Waals surface area (Å²) in [5.74, 6) is -0.875. The van der Waals surface area contributed by atoms with Crippen LogP contribution >= 0.6 is 27.5 Å². The van der Waals surface area contributed by atoms with Crippen LogP contribution in [0, 0.1) is 0 Å². The molecule has 5 nitrogen and oxygen atoms in total. The Balaban J connectivity index is 1.92. The van der Waals surface area contributed by atoms with Crippen LogP contribution in [0.1, 0.15) is 16.8 Å². The Morgan fingerprint density at radius 1 is 1.24 bits per heavy atom. The Bertz CT molecular complexity index is 545. The van der Waals surface area contributed by atoms with Gasteiger partial charge < -0.3 is 10.0 Å². The second kappa shape index (κ2) is 7.24. The van der Waals surface area contributed by atoms with Crippen molar-refractivity contribution in [3.63, 3.8) is 0 Å². The Hall–Kier alpha value is -1.11. The van der Waals surface area contributed by atoms with Crippen molar-refractivity contribution in [3.8, 4) is 0 Å². The molecule has 1 aromatic rings. The number of carbonyl (C=O) groups is 2. The fourth-order valence-electron chi connectivity index (χ4n) is 2.26. The van der Waals surface area contributed by atoms with Crippen LogP contribution < -0.4 is 0 Å². The van der Waals surface area contributed by atoms with Gasteiger partial charge in [-0.25, -0.2) is 0 Å². The summed E-state index contributed by atoms with van der Waals surface area (Å²) in [6, 6.07) is 5.21. The fraction of sp³-hybridized carbons (Fsp3) is 0.429. The maximum Gasteiger partial charge on any atom is 0.304 e. The van der Waals surface area contributed by atoms with E-state index in [0.29, 0.717) is 43.3 Å². The van der Waals surface area contributed by atoms with Gasteiger partial charge in [-0.3, -0.25) is 14.5 Å². The first kappa shape index (κ1) is 16.3. The number of carboxylic acid groups (broad SMARTS) is 1. The smallest absolute Gasteiger partial charge is 0.304 e. The van der Waals surface area contributed by atoms with E-state index in [9.17, 15) is 9.59 Å². The molecule has 0 unspecified atom stereocenters. The molecular weight excluding hydrogens is 360 g/mol. The summed E-state index contributed by atoms with van der Waals surface area (Å²) in [6.45, 7) is 3.08. The third-order valence-corrected chi connectivity index (χ3v) is 4.27. The van der Waals surface area contributed by atoms with Crippen molar-refractivity contribution in [2.24, 2.45) is 0 Å². The number of halogens is 2. The molecule has 0 atom stereocenters. The van der Waals surface area contributed by atoms with Gasteiger partial charge in [0.1, 0.15) is 0 Å². The molecule has 114 valence electrons. The summed E-state index contributed by atoms with van der Waals surface area (Å²) in [6.07, 6.45) is 0.131. The van der Waals surface area contributed by atoms with Gasteiger partial charge in [-0.15, -0.1) is 0 Å². The van der Waals surface area contributed by atoms with Crippen molar-refractivity contribution in [3.05, 3.63) is 33.3 Å². The summed E-state index contributed by atoms with van der Waals surface area (Å²) >= 11 is 9.42. The maximum absolute atomic E-state index is 12.4. The highest BCUT2D eigenvalue weighted by atomic mass is 79.9. The zero-order chi connectivity index (χ0) is 15.4. The van der Waals surface area contributed by atoms with Gasteiger partial charge in [0.15, 0.2) is 0 Å². The second-order valence-electron chi connectivity index (χ2n) is 4.90. The number of benzene rings is 1. The zero-order valence-corrected chi connectivity index (χ0v) is 13.7. The molecule has 0 aromatic heterocycles. The van der Waals surface area contributed by atoms with Crippen molar-refractivity contribution in [1.82, 2.24) is 9.80 Å². The van der Waals surface area contributed by atoms with Crippen LogP contribution in [0.3, 0.4) is 0 Å². The van der Waals surface area contributed by atoms with E-state index in [1.54, 1.807) is 23.1 Å². The van der Waals surface area contributed by atoms with Crippen molar-refractivity contribution in [1.29, 1.82) is 0 Å². The predicted molar refractivity (Wildman–Crippen MR) is 83.7 cm³/mol. The van der Waals surface area contributed by atoms with E-state index in [0.717, 1.165) is 4.47 Å². The third-order valence-electron chi connectivity index (χ3n) is 3.46.